The third kappa shape index (κ3) is 4.96. The average Bonchev–Trinajstić information content (AvgIpc) is 2.93. The van der Waals surface area contributed by atoms with Gasteiger partial charge < -0.3 is 15.0 Å². The number of nitrogens with zero attached hydrogens (tertiary/aromatic N) is 2. The number of benzene rings is 3. The molecule has 0 bridgehead atoms. The van der Waals surface area contributed by atoms with Crippen LogP contribution in [-0.2, 0) is 21.2 Å². The van der Waals surface area contributed by atoms with Crippen LogP contribution >= 0.6 is 11.6 Å². The number of sulfonamides is 1. The third-order valence-corrected chi connectivity index (χ3v) is 8.69. The van der Waals surface area contributed by atoms with Crippen molar-refractivity contribution in [3.05, 3.63) is 97.7 Å². The average molecular weight is 569 g/mol. The van der Waals surface area contributed by atoms with Crippen molar-refractivity contribution in [3.63, 3.8) is 0 Å². The van der Waals surface area contributed by atoms with Crippen molar-refractivity contribution in [2.75, 3.05) is 31.1 Å². The molecule has 2 heterocycles. The van der Waals surface area contributed by atoms with Gasteiger partial charge in [-0.15, -0.1) is 0 Å². The summed E-state index contributed by atoms with van der Waals surface area (Å²) in [6, 6.07) is 15.5. The van der Waals surface area contributed by atoms with E-state index in [9.17, 15) is 22.8 Å². The molecular formula is C27H25ClN4O6S. The molecule has 0 fully saturated rings. The van der Waals surface area contributed by atoms with Gasteiger partial charge in [0.1, 0.15) is 0 Å². The van der Waals surface area contributed by atoms with Crippen molar-refractivity contribution in [1.82, 2.24) is 14.9 Å². The summed E-state index contributed by atoms with van der Waals surface area (Å²) in [7, 11) is -2.52. The van der Waals surface area contributed by atoms with Gasteiger partial charge in [-0.2, -0.15) is 0 Å². The number of amides is 1. The highest BCUT2D eigenvalue weighted by Gasteiger charge is 2.30. The molecule has 4 aromatic rings. The molecular weight excluding hydrogens is 544 g/mol. The minimum Gasteiger partial charge on any atom is -0.383 e. The molecule has 5 rings (SSSR count). The van der Waals surface area contributed by atoms with E-state index in [1.165, 1.54) is 47.8 Å². The van der Waals surface area contributed by atoms with Gasteiger partial charge in [0.05, 0.1) is 38.8 Å². The summed E-state index contributed by atoms with van der Waals surface area (Å²) < 4.78 is 34.5. The van der Waals surface area contributed by atoms with Gasteiger partial charge in [-0.25, -0.2) is 17.8 Å². The molecule has 202 valence electrons. The van der Waals surface area contributed by atoms with E-state index in [0.29, 0.717) is 25.3 Å². The Balaban J connectivity index is 1.60. The lowest BCUT2D eigenvalue weighted by Gasteiger charge is -2.30. The Morgan fingerprint density at radius 3 is 2.67 bits per heavy atom. The molecule has 0 unspecified atom stereocenters. The van der Waals surface area contributed by atoms with Gasteiger partial charge in [0.2, 0.25) is 0 Å². The molecule has 10 nitrogen and oxygen atoms in total. The predicted molar refractivity (Wildman–Crippen MR) is 149 cm³/mol. The first-order chi connectivity index (χ1) is 18.7. The van der Waals surface area contributed by atoms with Crippen molar-refractivity contribution >= 4 is 44.1 Å². The number of nitrogens with one attached hydrogen (secondary N) is 2. The fourth-order valence-corrected chi connectivity index (χ4v) is 6.41. The largest absolute Gasteiger partial charge is 0.383 e. The lowest BCUT2D eigenvalue weighted by Crippen LogP contribution is -2.36. The highest BCUT2D eigenvalue weighted by atomic mass is 35.5. The summed E-state index contributed by atoms with van der Waals surface area (Å²) in [5.41, 5.74) is 0.304. The standard InChI is InChI=1S/C27H25ClN4O6S/c1-38-14-12-29-25(33)18-8-11-22-20(15-18)26(34)32(27(35)30-22)24-16-19(9-10-21(24)28)39(36,37)31-13-4-6-17-5-2-3-7-23(17)31/h2-3,5,7-11,15-16H,4,6,12-14H2,1H3,(H,29,33)(H,30,35). The normalized spacial score (nSPS) is 13.3. The van der Waals surface area contributed by atoms with Gasteiger partial charge in [0, 0.05) is 25.8 Å². The molecule has 1 aliphatic rings. The van der Waals surface area contributed by atoms with E-state index >= 15 is 0 Å². The molecule has 12 heteroatoms. The van der Waals surface area contributed by atoms with Crippen molar-refractivity contribution in [3.8, 4) is 5.69 Å². The van der Waals surface area contributed by atoms with Crippen LogP contribution in [0.4, 0.5) is 5.69 Å². The molecule has 3 aromatic carbocycles. The van der Waals surface area contributed by atoms with Gasteiger partial charge in [-0.1, -0.05) is 29.8 Å². The molecule has 0 saturated heterocycles. The number of hydrogen-bond acceptors (Lipinski definition) is 6. The highest BCUT2D eigenvalue weighted by molar-refractivity contribution is 7.92. The number of halogens is 1. The maximum Gasteiger partial charge on any atom is 0.333 e. The van der Waals surface area contributed by atoms with Crippen LogP contribution in [0, 0.1) is 0 Å². The Labute approximate surface area is 228 Å². The first kappa shape index (κ1) is 26.7. The van der Waals surface area contributed by atoms with Crippen molar-refractivity contribution in [2.24, 2.45) is 0 Å². The summed E-state index contributed by atoms with van der Waals surface area (Å²) in [4.78, 5) is 41.6. The Morgan fingerprint density at radius 2 is 1.87 bits per heavy atom. The second kappa shape index (κ2) is 10.7. The fraction of sp³-hybridized carbons (Fsp3) is 0.222. The van der Waals surface area contributed by atoms with E-state index in [-0.39, 0.29) is 38.6 Å². The number of aryl methyl sites for hydroxylation is 1. The van der Waals surface area contributed by atoms with E-state index in [2.05, 4.69) is 10.3 Å². The number of hydrogen-bond donors (Lipinski definition) is 2. The number of carbonyl (C=O) groups excluding carboxylic acids is 1. The Morgan fingerprint density at radius 1 is 1.08 bits per heavy atom. The number of aromatic amines is 1. The lowest BCUT2D eigenvalue weighted by atomic mass is 10.0. The molecule has 0 atom stereocenters. The van der Waals surface area contributed by atoms with Crippen LogP contribution < -0.4 is 20.9 Å². The summed E-state index contributed by atoms with van der Waals surface area (Å²) in [5.74, 6) is -0.418. The summed E-state index contributed by atoms with van der Waals surface area (Å²) in [6.07, 6.45) is 1.42. The molecule has 0 aliphatic carbocycles. The fourth-order valence-electron chi connectivity index (χ4n) is 4.64. The molecule has 2 N–H and O–H groups in total. The number of fused-ring (bicyclic) bond motifs is 2. The van der Waals surface area contributed by atoms with Gasteiger partial charge in [0.25, 0.3) is 21.5 Å². The number of para-hydroxylation sites is 1. The van der Waals surface area contributed by atoms with Crippen molar-refractivity contribution < 1.29 is 17.9 Å². The summed E-state index contributed by atoms with van der Waals surface area (Å²) in [5, 5.41) is 2.74. The van der Waals surface area contributed by atoms with E-state index < -0.39 is 27.2 Å². The molecule has 1 aliphatic heterocycles. The van der Waals surface area contributed by atoms with Gasteiger partial charge >= 0.3 is 5.69 Å². The highest BCUT2D eigenvalue weighted by Crippen LogP contribution is 2.33. The van der Waals surface area contributed by atoms with E-state index in [4.69, 9.17) is 16.3 Å². The van der Waals surface area contributed by atoms with Crippen LogP contribution in [0.1, 0.15) is 22.3 Å². The second-order valence-corrected chi connectivity index (χ2v) is 11.3. The monoisotopic (exact) mass is 568 g/mol. The van der Waals surface area contributed by atoms with E-state index in [0.717, 1.165) is 16.6 Å². The van der Waals surface area contributed by atoms with Crippen LogP contribution in [0.5, 0.6) is 0 Å². The molecule has 0 spiro atoms. The van der Waals surface area contributed by atoms with Crippen LogP contribution in [0.2, 0.25) is 5.02 Å². The zero-order chi connectivity index (χ0) is 27.7. The SMILES string of the molecule is COCCNC(=O)c1ccc2[nH]c(=O)n(-c3cc(S(=O)(=O)N4CCCc5ccccc54)ccc3Cl)c(=O)c2c1. The van der Waals surface area contributed by atoms with Crippen LogP contribution in [-0.4, -0.2) is 50.7 Å². The zero-order valence-electron chi connectivity index (χ0n) is 20.9. The first-order valence-electron chi connectivity index (χ1n) is 12.2. The number of anilines is 1. The summed E-state index contributed by atoms with van der Waals surface area (Å²) in [6.45, 7) is 0.894. The minimum absolute atomic E-state index is 0.00778. The number of H-pyrrole nitrogens is 1. The molecule has 39 heavy (non-hydrogen) atoms. The molecule has 0 radical (unpaired) electrons. The van der Waals surface area contributed by atoms with E-state index in [1.54, 1.807) is 12.1 Å². The van der Waals surface area contributed by atoms with Gasteiger partial charge in [0.15, 0.2) is 0 Å². The van der Waals surface area contributed by atoms with Crippen LogP contribution in [0.25, 0.3) is 16.6 Å². The number of methoxy groups -OCH3 is 1. The molecule has 1 amide bonds. The number of ether oxygens (including phenoxy) is 1. The number of rotatable bonds is 7. The lowest BCUT2D eigenvalue weighted by molar-refractivity contribution is 0.0937. The minimum atomic E-state index is -4.04. The number of carbonyl (C=O) groups is 1. The summed E-state index contributed by atoms with van der Waals surface area (Å²) >= 11 is 6.40. The van der Waals surface area contributed by atoms with Gasteiger partial charge in [-0.3, -0.25) is 13.9 Å². The van der Waals surface area contributed by atoms with Crippen LogP contribution in [0.15, 0.2) is 75.1 Å². The van der Waals surface area contributed by atoms with E-state index in [1.807, 2.05) is 12.1 Å². The quantitative estimate of drug-likeness (QED) is 0.330. The molecule has 0 saturated carbocycles. The Hall–Kier alpha value is -3.93. The first-order valence-corrected chi connectivity index (χ1v) is 14.0. The maximum absolute atomic E-state index is 13.7. The van der Waals surface area contributed by atoms with Crippen molar-refractivity contribution in [2.45, 2.75) is 17.7 Å². The van der Waals surface area contributed by atoms with Gasteiger partial charge in [-0.05, 0) is 60.9 Å². The molecule has 1 aromatic heterocycles. The zero-order valence-corrected chi connectivity index (χ0v) is 22.5. The number of aromatic nitrogens is 2. The van der Waals surface area contributed by atoms with Crippen LogP contribution in [0.3, 0.4) is 0 Å². The predicted octanol–water partition coefficient (Wildman–Crippen LogP) is 2.85. The maximum atomic E-state index is 13.7. The topological polar surface area (TPSA) is 131 Å². The Bertz CT molecular complexity index is 1820. The third-order valence-electron chi connectivity index (χ3n) is 6.57. The van der Waals surface area contributed by atoms with Crippen molar-refractivity contribution in [1.29, 1.82) is 0 Å². The second-order valence-electron chi connectivity index (χ2n) is 9.00. The smallest absolute Gasteiger partial charge is 0.333 e. The Kier molecular flexibility index (Phi) is 7.30.